The van der Waals surface area contributed by atoms with Gasteiger partial charge in [-0.05, 0) is 13.3 Å². The van der Waals surface area contributed by atoms with E-state index in [9.17, 15) is 0 Å². The lowest BCUT2D eigenvalue weighted by Crippen LogP contribution is -2.02. The number of rotatable bonds is 4. The molecule has 0 fully saturated rings. The zero-order valence-corrected chi connectivity index (χ0v) is 7.67. The summed E-state index contributed by atoms with van der Waals surface area (Å²) >= 11 is 0. The third kappa shape index (κ3) is 2.78. The van der Waals surface area contributed by atoms with E-state index in [1.165, 1.54) is 5.57 Å². The maximum Gasteiger partial charge on any atom is 0.147 e. The van der Waals surface area contributed by atoms with Crippen molar-refractivity contribution in [2.45, 2.75) is 13.3 Å². The molecule has 12 heavy (non-hydrogen) atoms. The van der Waals surface area contributed by atoms with Gasteiger partial charge in [-0.2, -0.15) is 5.10 Å². The van der Waals surface area contributed by atoms with Gasteiger partial charge in [-0.1, -0.05) is 5.57 Å². The Morgan fingerprint density at radius 3 is 3.00 bits per heavy atom. The highest BCUT2D eigenvalue weighted by molar-refractivity contribution is 5.31. The van der Waals surface area contributed by atoms with Crippen LogP contribution >= 0.6 is 0 Å². The Balaban J connectivity index is 2.29. The minimum Gasteiger partial charge on any atom is -0.368 e. The zero-order valence-electron chi connectivity index (χ0n) is 7.67. The molecule has 1 aromatic rings. The predicted molar refractivity (Wildman–Crippen MR) is 51.1 cm³/mol. The van der Waals surface area contributed by atoms with E-state index in [1.54, 1.807) is 4.68 Å². The number of nitrogens with one attached hydrogen (secondary N) is 1. The minimum atomic E-state index is 0.909. The fourth-order valence-electron chi connectivity index (χ4n) is 0.913. The zero-order chi connectivity index (χ0) is 8.97. The molecule has 0 bridgehead atoms. The van der Waals surface area contributed by atoms with Crippen molar-refractivity contribution in [1.82, 2.24) is 9.78 Å². The molecule has 1 rings (SSSR count). The van der Waals surface area contributed by atoms with Gasteiger partial charge in [-0.3, -0.25) is 4.68 Å². The molecule has 3 heteroatoms. The van der Waals surface area contributed by atoms with Gasteiger partial charge < -0.3 is 5.32 Å². The lowest BCUT2D eigenvalue weighted by atomic mass is 10.2. The van der Waals surface area contributed by atoms with Crippen LogP contribution in [0.25, 0.3) is 0 Å². The number of nitrogens with zero attached hydrogens (tertiary/aromatic N) is 2. The van der Waals surface area contributed by atoms with E-state index < -0.39 is 0 Å². The Labute approximate surface area is 73.1 Å². The van der Waals surface area contributed by atoms with E-state index in [1.807, 2.05) is 26.2 Å². The molecule has 0 aliphatic rings. The molecular weight excluding hydrogens is 150 g/mol. The number of aromatic nitrogens is 2. The smallest absolute Gasteiger partial charge is 0.147 e. The molecule has 0 spiro atoms. The Hall–Kier alpha value is -1.25. The fourth-order valence-corrected chi connectivity index (χ4v) is 0.913. The molecule has 0 atom stereocenters. The lowest BCUT2D eigenvalue weighted by Gasteiger charge is -2.01. The largest absolute Gasteiger partial charge is 0.368 e. The summed E-state index contributed by atoms with van der Waals surface area (Å²) in [6.45, 7) is 6.76. The average molecular weight is 165 g/mol. The molecule has 66 valence electrons. The van der Waals surface area contributed by atoms with E-state index in [-0.39, 0.29) is 0 Å². The van der Waals surface area contributed by atoms with Gasteiger partial charge in [0.05, 0.1) is 0 Å². The summed E-state index contributed by atoms with van der Waals surface area (Å²) in [4.78, 5) is 0. The maximum atomic E-state index is 4.18. The molecule has 1 N–H and O–H groups in total. The summed E-state index contributed by atoms with van der Waals surface area (Å²) in [5, 5.41) is 7.39. The highest BCUT2D eigenvalue weighted by Crippen LogP contribution is 2.02. The summed E-state index contributed by atoms with van der Waals surface area (Å²) < 4.78 is 1.78. The standard InChI is InChI=1S/C9H15N3/c1-8(2)4-6-10-9-5-7-12(3)11-9/h5,7H,1,4,6H2,2-3H3,(H,10,11). The van der Waals surface area contributed by atoms with Crippen molar-refractivity contribution in [3.8, 4) is 0 Å². The molecule has 0 amide bonds. The van der Waals surface area contributed by atoms with Gasteiger partial charge in [0.2, 0.25) is 0 Å². The molecule has 0 radical (unpaired) electrons. The predicted octanol–water partition coefficient (Wildman–Crippen LogP) is 1.80. The highest BCUT2D eigenvalue weighted by Gasteiger charge is 1.93. The maximum absolute atomic E-state index is 4.18. The van der Waals surface area contributed by atoms with Crippen LogP contribution in [0.15, 0.2) is 24.4 Å². The Morgan fingerprint density at radius 1 is 1.75 bits per heavy atom. The lowest BCUT2D eigenvalue weighted by molar-refractivity contribution is 0.768. The minimum absolute atomic E-state index is 0.909. The van der Waals surface area contributed by atoms with E-state index >= 15 is 0 Å². The molecule has 0 saturated heterocycles. The second kappa shape index (κ2) is 3.95. The molecule has 3 nitrogen and oxygen atoms in total. The summed E-state index contributed by atoms with van der Waals surface area (Å²) in [5.41, 5.74) is 1.19. The molecule has 0 aliphatic carbocycles. The van der Waals surface area contributed by atoms with Crippen LogP contribution < -0.4 is 5.32 Å². The van der Waals surface area contributed by atoms with Crippen LogP contribution in [0.1, 0.15) is 13.3 Å². The van der Waals surface area contributed by atoms with Gasteiger partial charge in [0.1, 0.15) is 5.82 Å². The number of hydrogen-bond donors (Lipinski definition) is 1. The number of aryl methyl sites for hydroxylation is 1. The van der Waals surface area contributed by atoms with Crippen molar-refractivity contribution in [2.24, 2.45) is 7.05 Å². The van der Waals surface area contributed by atoms with Gasteiger partial charge in [0.15, 0.2) is 0 Å². The first-order valence-electron chi connectivity index (χ1n) is 4.06. The Bertz CT molecular complexity index is 262. The summed E-state index contributed by atoms with van der Waals surface area (Å²) in [5.74, 6) is 0.929. The van der Waals surface area contributed by atoms with Crippen molar-refractivity contribution in [3.05, 3.63) is 24.4 Å². The number of hydrogen-bond acceptors (Lipinski definition) is 2. The van der Waals surface area contributed by atoms with Crippen molar-refractivity contribution < 1.29 is 0 Å². The average Bonchev–Trinajstić information content (AvgIpc) is 2.35. The van der Waals surface area contributed by atoms with Crippen LogP contribution in [0.3, 0.4) is 0 Å². The summed E-state index contributed by atoms with van der Waals surface area (Å²) in [6.07, 6.45) is 2.92. The van der Waals surface area contributed by atoms with Crippen molar-refractivity contribution in [2.75, 3.05) is 11.9 Å². The van der Waals surface area contributed by atoms with Crippen LogP contribution in [-0.2, 0) is 7.05 Å². The molecule has 0 aromatic carbocycles. The number of anilines is 1. The second-order valence-electron chi connectivity index (χ2n) is 3.01. The van der Waals surface area contributed by atoms with E-state index in [2.05, 4.69) is 17.0 Å². The fraction of sp³-hybridized carbons (Fsp3) is 0.444. The highest BCUT2D eigenvalue weighted by atomic mass is 15.3. The van der Waals surface area contributed by atoms with Crippen LogP contribution in [-0.4, -0.2) is 16.3 Å². The first-order chi connectivity index (χ1) is 5.68. The SMILES string of the molecule is C=C(C)CCNc1ccn(C)n1. The monoisotopic (exact) mass is 165 g/mol. The van der Waals surface area contributed by atoms with E-state index in [0.717, 1.165) is 18.8 Å². The first-order valence-corrected chi connectivity index (χ1v) is 4.06. The third-order valence-electron chi connectivity index (χ3n) is 1.57. The van der Waals surface area contributed by atoms with Gasteiger partial charge in [0, 0.05) is 25.9 Å². The third-order valence-corrected chi connectivity index (χ3v) is 1.57. The molecule has 1 heterocycles. The molecule has 1 aromatic heterocycles. The summed E-state index contributed by atoms with van der Waals surface area (Å²) in [7, 11) is 1.91. The topological polar surface area (TPSA) is 29.9 Å². The second-order valence-corrected chi connectivity index (χ2v) is 3.01. The molecule has 0 unspecified atom stereocenters. The van der Waals surface area contributed by atoms with Crippen LogP contribution in [0.4, 0.5) is 5.82 Å². The first kappa shape index (κ1) is 8.84. The Kier molecular flexibility index (Phi) is 2.91. The van der Waals surface area contributed by atoms with Gasteiger partial charge in [0.25, 0.3) is 0 Å². The Morgan fingerprint density at radius 2 is 2.50 bits per heavy atom. The van der Waals surface area contributed by atoms with Gasteiger partial charge >= 0.3 is 0 Å². The van der Waals surface area contributed by atoms with E-state index in [4.69, 9.17) is 0 Å². The summed E-state index contributed by atoms with van der Waals surface area (Å²) in [6, 6.07) is 1.96. The quantitative estimate of drug-likeness (QED) is 0.689. The van der Waals surface area contributed by atoms with Crippen LogP contribution in [0.5, 0.6) is 0 Å². The molecule has 0 saturated carbocycles. The van der Waals surface area contributed by atoms with Gasteiger partial charge in [-0.25, -0.2) is 0 Å². The molecular formula is C9H15N3. The van der Waals surface area contributed by atoms with Crippen molar-refractivity contribution >= 4 is 5.82 Å². The van der Waals surface area contributed by atoms with Crippen molar-refractivity contribution in [1.29, 1.82) is 0 Å². The van der Waals surface area contributed by atoms with Crippen LogP contribution in [0, 0.1) is 0 Å². The normalized spacial score (nSPS) is 9.83. The van der Waals surface area contributed by atoms with Crippen LogP contribution in [0.2, 0.25) is 0 Å². The van der Waals surface area contributed by atoms with E-state index in [0.29, 0.717) is 0 Å². The van der Waals surface area contributed by atoms with Gasteiger partial charge in [-0.15, -0.1) is 6.58 Å². The van der Waals surface area contributed by atoms with Crippen molar-refractivity contribution in [3.63, 3.8) is 0 Å². The molecule has 0 aliphatic heterocycles.